The van der Waals surface area contributed by atoms with Gasteiger partial charge in [-0.2, -0.15) is 0 Å². The Morgan fingerprint density at radius 2 is 2.20 bits per heavy atom. The first-order chi connectivity index (χ1) is 4.81. The van der Waals surface area contributed by atoms with Crippen LogP contribution in [-0.2, 0) is 7.86 Å². The third kappa shape index (κ3) is 7.00. The Labute approximate surface area is 88.5 Å². The molecule has 1 amide bonds. The molecule has 0 aliphatic heterocycles. The van der Waals surface area contributed by atoms with Crippen molar-refractivity contribution in [1.29, 1.82) is 0 Å². The maximum atomic E-state index is 10.6. The van der Waals surface area contributed by atoms with Crippen LogP contribution in [0.1, 0.15) is 19.3 Å². The predicted molar refractivity (Wildman–Crippen MR) is 56.0 cm³/mol. The maximum absolute atomic E-state index is 10.6. The van der Waals surface area contributed by atoms with Gasteiger partial charge in [0.2, 0.25) is 5.91 Å². The Hall–Kier alpha value is 0.890. The van der Waals surface area contributed by atoms with Crippen molar-refractivity contribution in [3.63, 3.8) is 0 Å². The largest absolute Gasteiger partial charge is 0.316 e. The van der Waals surface area contributed by atoms with Crippen molar-refractivity contribution in [3.8, 4) is 0 Å². The van der Waals surface area contributed by atoms with Crippen LogP contribution < -0.4 is 3.53 Å². The number of rotatable bonds is 5. The van der Waals surface area contributed by atoms with E-state index < -0.39 is 0 Å². The molecule has 0 aliphatic carbocycles. The molecule has 0 aromatic carbocycles. The zero-order chi connectivity index (χ0) is 7.82. The standard InChI is InChI=1S/C5H9I2NO2/c6-8-5(9)3-1-2-4-10-7/h1-4H2,(H,8,9). The lowest BCUT2D eigenvalue weighted by Gasteiger charge is -1.96. The number of carbonyl (C=O) groups is 1. The van der Waals surface area contributed by atoms with E-state index in [1.807, 2.05) is 45.9 Å². The van der Waals surface area contributed by atoms with Crippen LogP contribution >= 0.6 is 45.9 Å². The van der Waals surface area contributed by atoms with Gasteiger partial charge in [0.15, 0.2) is 0 Å². The first-order valence-electron chi connectivity index (χ1n) is 2.94. The summed E-state index contributed by atoms with van der Waals surface area (Å²) in [6.45, 7) is 0.731. The van der Waals surface area contributed by atoms with Gasteiger partial charge in [-0.3, -0.25) is 8.32 Å². The summed E-state index contributed by atoms with van der Waals surface area (Å²) in [4.78, 5) is 10.6. The van der Waals surface area contributed by atoms with Crippen molar-refractivity contribution in [2.45, 2.75) is 19.3 Å². The molecule has 0 fully saturated rings. The molecule has 3 nitrogen and oxygen atoms in total. The minimum Gasteiger partial charge on any atom is -0.316 e. The number of unbranched alkanes of at least 4 members (excludes halogenated alkanes) is 1. The molecule has 60 valence electrons. The van der Waals surface area contributed by atoms with E-state index in [1.54, 1.807) is 0 Å². The van der Waals surface area contributed by atoms with Crippen molar-refractivity contribution in [1.82, 2.24) is 3.53 Å². The van der Waals surface area contributed by atoms with Gasteiger partial charge < -0.3 is 3.07 Å². The second kappa shape index (κ2) is 7.99. The first-order valence-corrected chi connectivity index (χ1v) is 4.90. The summed E-state index contributed by atoms with van der Waals surface area (Å²) < 4.78 is 7.32. The number of amides is 1. The molecule has 5 heteroatoms. The predicted octanol–water partition coefficient (Wildman–Crippen LogP) is 1.99. The van der Waals surface area contributed by atoms with Crippen LogP contribution in [0.5, 0.6) is 0 Å². The van der Waals surface area contributed by atoms with Crippen molar-refractivity contribution in [2.24, 2.45) is 0 Å². The van der Waals surface area contributed by atoms with E-state index in [-0.39, 0.29) is 5.91 Å². The molecule has 0 saturated carbocycles. The van der Waals surface area contributed by atoms with E-state index >= 15 is 0 Å². The molecule has 1 N–H and O–H groups in total. The topological polar surface area (TPSA) is 38.3 Å². The Morgan fingerprint density at radius 1 is 1.50 bits per heavy atom. The van der Waals surface area contributed by atoms with Gasteiger partial charge in [-0.1, -0.05) is 0 Å². The molecule has 0 radical (unpaired) electrons. The highest BCUT2D eigenvalue weighted by Gasteiger charge is 1.96. The lowest BCUT2D eigenvalue weighted by atomic mass is 10.2. The average molecular weight is 369 g/mol. The fourth-order valence-corrected chi connectivity index (χ4v) is 1.07. The Kier molecular flexibility index (Phi) is 8.70. The molecule has 0 bridgehead atoms. The molecule has 0 aromatic rings. The summed E-state index contributed by atoms with van der Waals surface area (Å²) in [6.07, 6.45) is 2.45. The van der Waals surface area contributed by atoms with E-state index in [0.717, 1.165) is 19.4 Å². The van der Waals surface area contributed by atoms with E-state index in [1.165, 1.54) is 0 Å². The van der Waals surface area contributed by atoms with Crippen molar-refractivity contribution < 1.29 is 7.86 Å². The second-order valence-electron chi connectivity index (χ2n) is 1.79. The molecule has 0 atom stereocenters. The van der Waals surface area contributed by atoms with Crippen molar-refractivity contribution in [2.75, 3.05) is 6.61 Å². The zero-order valence-electron chi connectivity index (χ0n) is 5.40. The fraction of sp³-hybridized carbons (Fsp3) is 0.800. The molecule has 0 spiro atoms. The van der Waals surface area contributed by atoms with Gasteiger partial charge in [0.1, 0.15) is 23.0 Å². The second-order valence-corrected chi connectivity index (χ2v) is 2.95. The van der Waals surface area contributed by atoms with Crippen LogP contribution in [0, 0.1) is 0 Å². The lowest BCUT2D eigenvalue weighted by Crippen LogP contribution is -2.10. The summed E-state index contributed by atoms with van der Waals surface area (Å²) in [6, 6.07) is 0. The van der Waals surface area contributed by atoms with Gasteiger partial charge in [-0.05, 0) is 12.8 Å². The average Bonchev–Trinajstić information content (AvgIpc) is 1.98. The summed E-state index contributed by atoms with van der Waals surface area (Å²) >= 11 is 3.69. The molecular formula is C5H9I2NO2. The Balaban J connectivity index is 2.96. The van der Waals surface area contributed by atoms with Crippen LogP contribution in [0.15, 0.2) is 0 Å². The number of hydrogen-bond acceptors (Lipinski definition) is 2. The molecular weight excluding hydrogens is 360 g/mol. The minimum atomic E-state index is 0.0917. The fourth-order valence-electron chi connectivity index (χ4n) is 0.489. The maximum Gasteiger partial charge on any atom is 0.228 e. The highest BCUT2D eigenvalue weighted by molar-refractivity contribution is 14.1. The third-order valence-corrected chi connectivity index (χ3v) is 2.02. The molecule has 10 heavy (non-hydrogen) atoms. The van der Waals surface area contributed by atoms with Gasteiger partial charge in [0, 0.05) is 6.42 Å². The van der Waals surface area contributed by atoms with Gasteiger partial charge in [0.05, 0.1) is 29.5 Å². The van der Waals surface area contributed by atoms with Gasteiger partial charge in [0.25, 0.3) is 0 Å². The van der Waals surface area contributed by atoms with E-state index in [4.69, 9.17) is 3.07 Å². The number of halogens is 2. The summed E-state index contributed by atoms with van der Waals surface area (Å²) in [5.74, 6) is 0.0917. The van der Waals surface area contributed by atoms with Crippen molar-refractivity contribution in [3.05, 3.63) is 0 Å². The first kappa shape index (κ1) is 10.9. The van der Waals surface area contributed by atoms with E-state index in [2.05, 4.69) is 3.53 Å². The SMILES string of the molecule is O=C(CCCCOI)NI. The lowest BCUT2D eigenvalue weighted by molar-refractivity contribution is -0.118. The van der Waals surface area contributed by atoms with E-state index in [0.29, 0.717) is 6.42 Å². The summed E-state index contributed by atoms with van der Waals surface area (Å²) in [5.41, 5.74) is 0. The zero-order valence-corrected chi connectivity index (χ0v) is 9.72. The quantitative estimate of drug-likeness (QED) is 0.458. The van der Waals surface area contributed by atoms with Crippen LogP contribution in [0.3, 0.4) is 0 Å². The molecule has 0 saturated heterocycles. The number of carbonyl (C=O) groups excluding carboxylic acids is 1. The normalized spacial score (nSPS) is 9.40. The van der Waals surface area contributed by atoms with Gasteiger partial charge >= 0.3 is 0 Å². The van der Waals surface area contributed by atoms with Gasteiger partial charge in [-0.15, -0.1) is 0 Å². The van der Waals surface area contributed by atoms with Crippen molar-refractivity contribution >= 4 is 51.8 Å². The Morgan fingerprint density at radius 3 is 2.70 bits per heavy atom. The molecule has 0 unspecified atom stereocenters. The van der Waals surface area contributed by atoms with E-state index in [9.17, 15) is 4.79 Å². The molecule has 0 aliphatic rings. The highest BCUT2D eigenvalue weighted by atomic mass is 127. The van der Waals surface area contributed by atoms with Gasteiger partial charge in [-0.25, -0.2) is 0 Å². The molecule has 0 aromatic heterocycles. The molecule has 0 rings (SSSR count). The van der Waals surface area contributed by atoms with Crippen LogP contribution in [0.2, 0.25) is 0 Å². The molecule has 0 heterocycles. The minimum absolute atomic E-state index is 0.0917. The Bertz CT molecular complexity index is 99.6. The van der Waals surface area contributed by atoms with Crippen LogP contribution in [-0.4, -0.2) is 12.5 Å². The summed E-state index contributed by atoms with van der Waals surface area (Å²) in [7, 11) is 0. The number of hydrogen-bond donors (Lipinski definition) is 1. The highest BCUT2D eigenvalue weighted by Crippen LogP contribution is 1.98. The third-order valence-electron chi connectivity index (χ3n) is 0.981. The van der Waals surface area contributed by atoms with Crippen LogP contribution in [0.4, 0.5) is 0 Å². The number of nitrogens with one attached hydrogen (secondary N) is 1. The summed E-state index contributed by atoms with van der Waals surface area (Å²) in [5, 5.41) is 0. The van der Waals surface area contributed by atoms with Crippen LogP contribution in [0.25, 0.3) is 0 Å². The monoisotopic (exact) mass is 369 g/mol. The smallest absolute Gasteiger partial charge is 0.228 e.